The fraction of sp³-hybridized carbons (Fsp3) is 0.167. The van der Waals surface area contributed by atoms with E-state index in [1.54, 1.807) is 19.2 Å². The maximum Gasteiger partial charge on any atom is 0.227 e. The molecule has 0 aliphatic carbocycles. The Bertz CT molecular complexity index is 577. The molecule has 0 amide bonds. The lowest BCUT2D eigenvalue weighted by molar-refractivity contribution is 0.455. The van der Waals surface area contributed by atoms with Gasteiger partial charge in [-0.15, -0.1) is 0 Å². The van der Waals surface area contributed by atoms with Gasteiger partial charge in [-0.3, -0.25) is 0 Å². The Labute approximate surface area is 112 Å². The molecule has 1 aromatic heterocycles. The van der Waals surface area contributed by atoms with Crippen LogP contribution in [-0.4, -0.2) is 17.0 Å². The summed E-state index contributed by atoms with van der Waals surface area (Å²) in [5.41, 5.74) is 0.792. The van der Waals surface area contributed by atoms with E-state index in [4.69, 9.17) is 4.74 Å². The Balaban J connectivity index is 2.31. The van der Waals surface area contributed by atoms with Crippen LogP contribution in [0.4, 0.5) is 10.2 Å². The van der Waals surface area contributed by atoms with Crippen molar-refractivity contribution in [2.75, 3.05) is 12.4 Å². The van der Waals surface area contributed by atoms with Crippen LogP contribution in [0.5, 0.6) is 11.6 Å². The number of halogens is 2. The zero-order valence-corrected chi connectivity index (χ0v) is 11.5. The Kier molecular flexibility index (Phi) is 3.76. The first-order valence-corrected chi connectivity index (χ1v) is 6.03. The largest absolute Gasteiger partial charge is 0.439 e. The summed E-state index contributed by atoms with van der Waals surface area (Å²) >= 11 is 3.11. The third-order valence-corrected chi connectivity index (χ3v) is 2.99. The molecular weight excluding hydrogens is 301 g/mol. The predicted molar refractivity (Wildman–Crippen MR) is 70.5 cm³/mol. The van der Waals surface area contributed by atoms with E-state index in [0.29, 0.717) is 21.9 Å². The smallest absolute Gasteiger partial charge is 0.227 e. The molecule has 0 saturated heterocycles. The van der Waals surface area contributed by atoms with Gasteiger partial charge in [0.15, 0.2) is 0 Å². The summed E-state index contributed by atoms with van der Waals surface area (Å²) in [6.45, 7) is 1.85. The number of rotatable bonds is 3. The first-order chi connectivity index (χ1) is 8.61. The molecule has 94 valence electrons. The van der Waals surface area contributed by atoms with E-state index in [9.17, 15) is 4.39 Å². The third-order valence-electron chi connectivity index (χ3n) is 2.38. The highest BCUT2D eigenvalue weighted by molar-refractivity contribution is 9.10. The number of nitrogens with zero attached hydrogens (tertiary/aromatic N) is 2. The summed E-state index contributed by atoms with van der Waals surface area (Å²) in [4.78, 5) is 8.11. The van der Waals surface area contributed by atoms with Crippen LogP contribution in [0.3, 0.4) is 0 Å². The molecule has 0 atom stereocenters. The van der Waals surface area contributed by atoms with Gasteiger partial charge in [0.05, 0.1) is 10.0 Å². The Morgan fingerprint density at radius 2 is 2.11 bits per heavy atom. The first-order valence-electron chi connectivity index (χ1n) is 5.24. The van der Waals surface area contributed by atoms with Gasteiger partial charge in [-0.25, -0.2) is 14.4 Å². The monoisotopic (exact) mass is 311 g/mol. The van der Waals surface area contributed by atoms with Crippen LogP contribution in [0, 0.1) is 12.7 Å². The van der Waals surface area contributed by atoms with Crippen molar-refractivity contribution in [1.82, 2.24) is 9.97 Å². The van der Waals surface area contributed by atoms with Gasteiger partial charge in [0.2, 0.25) is 5.88 Å². The number of hydrogen-bond acceptors (Lipinski definition) is 4. The van der Waals surface area contributed by atoms with Gasteiger partial charge in [0.25, 0.3) is 0 Å². The van der Waals surface area contributed by atoms with Crippen LogP contribution < -0.4 is 10.1 Å². The van der Waals surface area contributed by atoms with Crippen LogP contribution in [0.25, 0.3) is 0 Å². The van der Waals surface area contributed by atoms with Crippen molar-refractivity contribution in [3.63, 3.8) is 0 Å². The van der Waals surface area contributed by atoms with Crippen molar-refractivity contribution >= 4 is 21.7 Å². The molecule has 18 heavy (non-hydrogen) atoms. The van der Waals surface area contributed by atoms with Crippen molar-refractivity contribution in [3.8, 4) is 11.6 Å². The van der Waals surface area contributed by atoms with Gasteiger partial charge in [-0.05, 0) is 41.1 Å². The summed E-state index contributed by atoms with van der Waals surface area (Å²) in [6, 6.07) is 4.42. The quantitative estimate of drug-likeness (QED) is 0.942. The summed E-state index contributed by atoms with van der Waals surface area (Å²) in [6.07, 6.45) is 1.41. The van der Waals surface area contributed by atoms with Crippen LogP contribution in [-0.2, 0) is 0 Å². The van der Waals surface area contributed by atoms with E-state index in [1.165, 1.54) is 12.4 Å². The van der Waals surface area contributed by atoms with Crippen molar-refractivity contribution in [2.45, 2.75) is 6.92 Å². The van der Waals surface area contributed by atoms with E-state index in [1.807, 2.05) is 6.92 Å². The molecule has 2 aromatic rings. The molecule has 0 bridgehead atoms. The van der Waals surface area contributed by atoms with Crippen molar-refractivity contribution < 1.29 is 9.13 Å². The molecule has 1 aromatic carbocycles. The first kappa shape index (κ1) is 12.8. The van der Waals surface area contributed by atoms with Gasteiger partial charge in [0.1, 0.15) is 23.7 Å². The SMILES string of the molecule is CNc1ncnc(Oc2ccc(F)c(Br)c2)c1C. The molecule has 6 heteroatoms. The van der Waals surface area contributed by atoms with Gasteiger partial charge < -0.3 is 10.1 Å². The van der Waals surface area contributed by atoms with E-state index >= 15 is 0 Å². The number of hydrogen-bond donors (Lipinski definition) is 1. The number of aromatic nitrogens is 2. The molecule has 0 saturated carbocycles. The topological polar surface area (TPSA) is 47.0 Å². The maximum atomic E-state index is 13.1. The molecule has 1 heterocycles. The molecule has 0 aliphatic rings. The molecule has 0 fully saturated rings. The molecule has 0 aliphatic heterocycles. The highest BCUT2D eigenvalue weighted by Crippen LogP contribution is 2.28. The number of nitrogens with one attached hydrogen (secondary N) is 1. The zero-order valence-electron chi connectivity index (χ0n) is 9.87. The van der Waals surface area contributed by atoms with Crippen molar-refractivity contribution in [1.29, 1.82) is 0 Å². The molecule has 1 N–H and O–H groups in total. The van der Waals surface area contributed by atoms with Gasteiger partial charge in [0, 0.05) is 7.05 Å². The second-order valence-electron chi connectivity index (χ2n) is 3.58. The number of benzene rings is 1. The highest BCUT2D eigenvalue weighted by Gasteiger charge is 2.09. The average Bonchev–Trinajstić information content (AvgIpc) is 2.36. The number of ether oxygens (including phenoxy) is 1. The van der Waals surface area contributed by atoms with E-state index < -0.39 is 0 Å². The summed E-state index contributed by atoms with van der Waals surface area (Å²) < 4.78 is 19.0. The van der Waals surface area contributed by atoms with Crippen molar-refractivity contribution in [3.05, 3.63) is 40.4 Å². The Hall–Kier alpha value is -1.69. The Morgan fingerprint density at radius 3 is 2.78 bits per heavy atom. The van der Waals surface area contributed by atoms with Crippen LogP contribution in [0.2, 0.25) is 0 Å². The fourth-order valence-electron chi connectivity index (χ4n) is 1.44. The summed E-state index contributed by atoms with van der Waals surface area (Å²) in [5.74, 6) is 1.30. The van der Waals surface area contributed by atoms with Crippen molar-refractivity contribution in [2.24, 2.45) is 0 Å². The predicted octanol–water partition coefficient (Wildman–Crippen LogP) is 3.52. The molecule has 2 rings (SSSR count). The van der Waals surface area contributed by atoms with Crippen LogP contribution in [0.15, 0.2) is 29.0 Å². The van der Waals surface area contributed by atoms with Crippen LogP contribution in [0.1, 0.15) is 5.56 Å². The zero-order chi connectivity index (χ0) is 13.1. The molecule has 0 radical (unpaired) electrons. The molecule has 0 unspecified atom stereocenters. The van der Waals surface area contributed by atoms with Gasteiger partial charge in [-0.1, -0.05) is 0 Å². The summed E-state index contributed by atoms with van der Waals surface area (Å²) in [7, 11) is 1.77. The second kappa shape index (κ2) is 5.30. The average molecular weight is 312 g/mol. The normalized spacial score (nSPS) is 10.2. The number of anilines is 1. The minimum atomic E-state index is -0.335. The standard InChI is InChI=1S/C12H11BrFN3O/c1-7-11(15-2)16-6-17-12(7)18-8-3-4-10(14)9(13)5-8/h3-6H,1-2H3,(H,15,16,17). The lowest BCUT2D eigenvalue weighted by Gasteiger charge is -2.10. The van der Waals surface area contributed by atoms with E-state index in [2.05, 4.69) is 31.2 Å². The van der Waals surface area contributed by atoms with E-state index in [0.717, 1.165) is 5.56 Å². The minimum absolute atomic E-state index is 0.335. The van der Waals surface area contributed by atoms with Gasteiger partial charge >= 0.3 is 0 Å². The molecule has 4 nitrogen and oxygen atoms in total. The maximum absolute atomic E-state index is 13.1. The Morgan fingerprint density at radius 1 is 1.33 bits per heavy atom. The minimum Gasteiger partial charge on any atom is -0.439 e. The van der Waals surface area contributed by atoms with Crippen LogP contribution >= 0.6 is 15.9 Å². The lowest BCUT2D eigenvalue weighted by Crippen LogP contribution is -1.99. The lowest BCUT2D eigenvalue weighted by atomic mass is 10.3. The molecule has 0 spiro atoms. The van der Waals surface area contributed by atoms with E-state index in [-0.39, 0.29) is 5.82 Å². The third kappa shape index (κ3) is 2.59. The molecular formula is C12H11BrFN3O. The second-order valence-corrected chi connectivity index (χ2v) is 4.43. The highest BCUT2D eigenvalue weighted by atomic mass is 79.9. The summed E-state index contributed by atoms with van der Waals surface area (Å²) in [5, 5.41) is 2.94. The fourth-order valence-corrected chi connectivity index (χ4v) is 1.80. The van der Waals surface area contributed by atoms with Gasteiger partial charge in [-0.2, -0.15) is 0 Å².